The van der Waals surface area contributed by atoms with Crippen molar-refractivity contribution >= 4 is 15.9 Å². The summed E-state index contributed by atoms with van der Waals surface area (Å²) in [6, 6.07) is 13.2. The number of rotatable bonds is 7. The number of sulfonamides is 1. The number of nitrogens with zero attached hydrogens (tertiary/aromatic N) is 1. The largest absolute Gasteiger partial charge is 0.494 e. The molecule has 0 saturated carbocycles. The highest BCUT2D eigenvalue weighted by Gasteiger charge is 2.21. The summed E-state index contributed by atoms with van der Waals surface area (Å²) in [6.45, 7) is 2.67. The first kappa shape index (κ1) is 19.0. The molecular weight excluding hydrogens is 340 g/mol. The van der Waals surface area contributed by atoms with E-state index in [9.17, 15) is 13.2 Å². The topological polar surface area (TPSA) is 75.7 Å². The van der Waals surface area contributed by atoms with Gasteiger partial charge in [0.25, 0.3) is 5.91 Å². The Balaban J connectivity index is 2.18. The number of ether oxygens (including phenoxy) is 1. The summed E-state index contributed by atoms with van der Waals surface area (Å²) in [5.41, 5.74) is 1.24. The summed E-state index contributed by atoms with van der Waals surface area (Å²) in [6.07, 6.45) is 0. The fourth-order valence-electron chi connectivity index (χ4n) is 2.34. The second-order valence-corrected chi connectivity index (χ2v) is 7.49. The molecule has 134 valence electrons. The van der Waals surface area contributed by atoms with Crippen molar-refractivity contribution < 1.29 is 17.9 Å². The summed E-state index contributed by atoms with van der Waals surface area (Å²) in [4.78, 5) is 11.7. The summed E-state index contributed by atoms with van der Waals surface area (Å²) in [5, 5.41) is 2.50. The number of hydrogen-bond donors (Lipinski definition) is 1. The molecule has 0 atom stereocenters. The molecule has 0 heterocycles. The molecular formula is C18H22N2O4S. The minimum Gasteiger partial charge on any atom is -0.494 e. The third-order valence-corrected chi connectivity index (χ3v) is 5.48. The highest BCUT2D eigenvalue weighted by molar-refractivity contribution is 7.89. The first-order valence-corrected chi connectivity index (χ1v) is 9.32. The normalized spacial score (nSPS) is 11.4. The maximum atomic E-state index is 12.7. The summed E-state index contributed by atoms with van der Waals surface area (Å²) < 4.78 is 32.1. The molecule has 1 amide bonds. The van der Waals surface area contributed by atoms with Gasteiger partial charge in [-0.3, -0.25) is 4.79 Å². The van der Waals surface area contributed by atoms with Crippen LogP contribution in [0, 0.1) is 0 Å². The zero-order valence-electron chi connectivity index (χ0n) is 14.5. The standard InChI is InChI=1S/C18H22N2O4S/c1-4-24-16-7-5-6-14(12-16)13-20(3)25(22,23)17-10-8-15(9-11-17)18(21)19-2/h5-12H,4,13H2,1-3H3,(H,19,21). The molecule has 2 aromatic rings. The van der Waals surface area contributed by atoms with E-state index in [1.165, 1.54) is 42.7 Å². The molecule has 0 aromatic heterocycles. The number of nitrogens with one attached hydrogen (secondary N) is 1. The van der Waals surface area contributed by atoms with Crippen molar-refractivity contribution in [1.29, 1.82) is 0 Å². The number of carbonyl (C=O) groups excluding carboxylic acids is 1. The lowest BCUT2D eigenvalue weighted by Gasteiger charge is -2.18. The van der Waals surface area contributed by atoms with Gasteiger partial charge < -0.3 is 10.1 Å². The Labute approximate surface area is 148 Å². The van der Waals surface area contributed by atoms with Crippen molar-refractivity contribution in [3.8, 4) is 5.75 Å². The predicted octanol–water partition coefficient (Wildman–Crippen LogP) is 2.27. The average molecular weight is 362 g/mol. The third-order valence-electron chi connectivity index (χ3n) is 3.67. The number of hydrogen-bond acceptors (Lipinski definition) is 4. The lowest BCUT2D eigenvalue weighted by Crippen LogP contribution is -2.26. The zero-order valence-corrected chi connectivity index (χ0v) is 15.3. The molecule has 0 saturated heterocycles. The van der Waals surface area contributed by atoms with Crippen molar-refractivity contribution in [3.63, 3.8) is 0 Å². The Morgan fingerprint density at radius 2 is 1.84 bits per heavy atom. The Morgan fingerprint density at radius 3 is 2.44 bits per heavy atom. The van der Waals surface area contributed by atoms with Crippen LogP contribution in [0.3, 0.4) is 0 Å². The van der Waals surface area contributed by atoms with E-state index >= 15 is 0 Å². The van der Waals surface area contributed by atoms with Crippen molar-refractivity contribution in [1.82, 2.24) is 9.62 Å². The summed E-state index contributed by atoms with van der Waals surface area (Å²) in [5.74, 6) is 0.450. The van der Waals surface area contributed by atoms with Crippen LogP contribution in [0.4, 0.5) is 0 Å². The zero-order chi connectivity index (χ0) is 18.4. The molecule has 7 heteroatoms. The van der Waals surface area contributed by atoms with Gasteiger partial charge in [-0.05, 0) is 48.9 Å². The molecule has 0 bridgehead atoms. The molecule has 0 aliphatic heterocycles. The lowest BCUT2D eigenvalue weighted by atomic mass is 10.2. The maximum absolute atomic E-state index is 12.7. The first-order valence-electron chi connectivity index (χ1n) is 7.88. The Hall–Kier alpha value is -2.38. The highest BCUT2D eigenvalue weighted by atomic mass is 32.2. The third kappa shape index (κ3) is 4.58. The minimum atomic E-state index is -3.65. The second-order valence-electron chi connectivity index (χ2n) is 5.45. The Morgan fingerprint density at radius 1 is 1.16 bits per heavy atom. The van der Waals surface area contributed by atoms with Crippen LogP contribution in [0.2, 0.25) is 0 Å². The van der Waals surface area contributed by atoms with Gasteiger partial charge in [0.05, 0.1) is 11.5 Å². The minimum absolute atomic E-state index is 0.142. The van der Waals surface area contributed by atoms with Gasteiger partial charge >= 0.3 is 0 Å². The van der Waals surface area contributed by atoms with Gasteiger partial charge in [0.1, 0.15) is 5.75 Å². The summed E-state index contributed by atoms with van der Waals surface area (Å²) >= 11 is 0. The molecule has 6 nitrogen and oxygen atoms in total. The SMILES string of the molecule is CCOc1cccc(CN(C)S(=O)(=O)c2ccc(C(=O)NC)cc2)c1. The van der Waals surface area contributed by atoms with E-state index in [4.69, 9.17) is 4.74 Å². The van der Waals surface area contributed by atoms with E-state index < -0.39 is 10.0 Å². The number of benzene rings is 2. The molecule has 0 fully saturated rings. The van der Waals surface area contributed by atoms with E-state index in [1.54, 1.807) is 0 Å². The summed E-state index contributed by atoms with van der Waals surface area (Å²) in [7, 11) is -0.603. The van der Waals surface area contributed by atoms with Crippen molar-refractivity contribution in [3.05, 3.63) is 59.7 Å². The van der Waals surface area contributed by atoms with Gasteiger partial charge in [-0.2, -0.15) is 4.31 Å². The van der Waals surface area contributed by atoms with Gasteiger partial charge in [0, 0.05) is 26.2 Å². The Bertz CT molecular complexity index is 832. The van der Waals surface area contributed by atoms with Crippen LogP contribution >= 0.6 is 0 Å². The van der Waals surface area contributed by atoms with E-state index in [0.29, 0.717) is 17.9 Å². The molecule has 0 aliphatic rings. The lowest BCUT2D eigenvalue weighted by molar-refractivity contribution is 0.0963. The average Bonchev–Trinajstić information content (AvgIpc) is 2.61. The fourth-order valence-corrected chi connectivity index (χ4v) is 3.50. The predicted molar refractivity (Wildman–Crippen MR) is 96.1 cm³/mol. The second kappa shape index (κ2) is 8.13. The highest BCUT2D eigenvalue weighted by Crippen LogP contribution is 2.20. The fraction of sp³-hybridized carbons (Fsp3) is 0.278. The van der Waals surface area contributed by atoms with Crippen molar-refractivity contribution in [2.45, 2.75) is 18.4 Å². The quantitative estimate of drug-likeness (QED) is 0.820. The van der Waals surface area contributed by atoms with Crippen LogP contribution < -0.4 is 10.1 Å². The van der Waals surface area contributed by atoms with Crippen molar-refractivity contribution in [2.24, 2.45) is 0 Å². The molecule has 25 heavy (non-hydrogen) atoms. The molecule has 0 spiro atoms. The van der Waals surface area contributed by atoms with Crippen LogP contribution in [0.25, 0.3) is 0 Å². The first-order chi connectivity index (χ1) is 11.9. The molecule has 1 N–H and O–H groups in total. The van der Waals surface area contributed by atoms with Gasteiger partial charge in [0.2, 0.25) is 10.0 Å². The Kier molecular flexibility index (Phi) is 6.17. The number of carbonyl (C=O) groups is 1. The van der Waals surface area contributed by atoms with Crippen LogP contribution in [-0.4, -0.2) is 39.3 Å². The molecule has 2 rings (SSSR count). The maximum Gasteiger partial charge on any atom is 0.251 e. The molecule has 0 unspecified atom stereocenters. The van der Waals surface area contributed by atoms with E-state index in [0.717, 1.165) is 5.56 Å². The van der Waals surface area contributed by atoms with E-state index in [1.807, 2.05) is 31.2 Å². The monoisotopic (exact) mass is 362 g/mol. The van der Waals surface area contributed by atoms with Gasteiger partial charge in [0.15, 0.2) is 0 Å². The molecule has 0 aliphatic carbocycles. The molecule has 0 radical (unpaired) electrons. The molecule has 2 aromatic carbocycles. The van der Waals surface area contributed by atoms with Crippen LogP contribution in [0.15, 0.2) is 53.4 Å². The van der Waals surface area contributed by atoms with Crippen LogP contribution in [0.5, 0.6) is 5.75 Å². The van der Waals surface area contributed by atoms with Crippen molar-refractivity contribution in [2.75, 3.05) is 20.7 Å². The van der Waals surface area contributed by atoms with Gasteiger partial charge in [-0.25, -0.2) is 8.42 Å². The van der Waals surface area contributed by atoms with Gasteiger partial charge in [-0.1, -0.05) is 12.1 Å². The number of amides is 1. The van der Waals surface area contributed by atoms with Gasteiger partial charge in [-0.15, -0.1) is 0 Å². The smallest absolute Gasteiger partial charge is 0.251 e. The van der Waals surface area contributed by atoms with E-state index in [-0.39, 0.29) is 17.3 Å². The van der Waals surface area contributed by atoms with Crippen LogP contribution in [-0.2, 0) is 16.6 Å². The van der Waals surface area contributed by atoms with E-state index in [2.05, 4.69) is 5.32 Å². The van der Waals surface area contributed by atoms with Crippen LogP contribution in [0.1, 0.15) is 22.8 Å².